The molecule has 1 unspecified atom stereocenters. The number of nitrogens with two attached hydrogens (primary N) is 1. The molecular weight excluding hydrogens is 248 g/mol. The average molecular weight is 272 g/mol. The minimum absolute atomic E-state index is 0.132. The summed E-state index contributed by atoms with van der Waals surface area (Å²) in [7, 11) is 1.19. The lowest BCUT2D eigenvalue weighted by molar-refractivity contribution is -0.150. The first-order valence-corrected chi connectivity index (χ1v) is 6.80. The van der Waals surface area contributed by atoms with Gasteiger partial charge in [-0.1, -0.05) is 25.7 Å². The van der Waals surface area contributed by atoms with Crippen molar-refractivity contribution in [2.24, 2.45) is 11.1 Å². The molecule has 1 fully saturated rings. The molecular formula is C13H24N2O4. The maximum atomic E-state index is 12.3. The third-order valence-corrected chi connectivity index (χ3v) is 3.86. The summed E-state index contributed by atoms with van der Waals surface area (Å²) in [4.78, 5) is 23.3. The summed E-state index contributed by atoms with van der Waals surface area (Å²) < 4.78 is 4.40. The van der Waals surface area contributed by atoms with Crippen molar-refractivity contribution in [1.82, 2.24) is 5.32 Å². The number of hydrogen-bond donors (Lipinski definition) is 3. The molecule has 1 aliphatic rings. The Kier molecular flexibility index (Phi) is 6.24. The molecule has 1 rings (SSSR count). The van der Waals surface area contributed by atoms with Gasteiger partial charge in [-0.3, -0.25) is 4.79 Å². The Balaban J connectivity index is 2.56. The SMILES string of the molecule is COC(=O)C(O)CNC(=O)C1(CN)CCCCCC1. The van der Waals surface area contributed by atoms with Gasteiger partial charge in [-0.15, -0.1) is 0 Å². The van der Waals surface area contributed by atoms with Gasteiger partial charge in [0.15, 0.2) is 6.10 Å². The van der Waals surface area contributed by atoms with Crippen LogP contribution in [0, 0.1) is 5.41 Å². The minimum atomic E-state index is -1.32. The molecule has 6 heteroatoms. The molecule has 1 aliphatic carbocycles. The van der Waals surface area contributed by atoms with Crippen LogP contribution < -0.4 is 11.1 Å². The summed E-state index contributed by atoms with van der Waals surface area (Å²) in [5, 5.41) is 12.1. The van der Waals surface area contributed by atoms with E-state index >= 15 is 0 Å². The van der Waals surface area contributed by atoms with E-state index in [1.807, 2.05) is 0 Å². The average Bonchev–Trinajstić information content (AvgIpc) is 2.69. The third-order valence-electron chi connectivity index (χ3n) is 3.86. The Morgan fingerprint density at radius 1 is 1.32 bits per heavy atom. The zero-order valence-electron chi connectivity index (χ0n) is 11.5. The number of nitrogens with one attached hydrogen (secondary N) is 1. The first-order valence-electron chi connectivity index (χ1n) is 6.80. The number of carbonyl (C=O) groups is 2. The zero-order chi connectivity index (χ0) is 14.3. The molecule has 0 saturated heterocycles. The number of aliphatic hydroxyl groups is 1. The number of ether oxygens (including phenoxy) is 1. The molecule has 0 bridgehead atoms. The lowest BCUT2D eigenvalue weighted by Gasteiger charge is -2.30. The molecule has 0 radical (unpaired) electrons. The van der Waals surface area contributed by atoms with Crippen LogP contribution in [-0.4, -0.2) is 43.3 Å². The van der Waals surface area contributed by atoms with E-state index in [0.717, 1.165) is 38.5 Å². The van der Waals surface area contributed by atoms with Crippen molar-refractivity contribution in [1.29, 1.82) is 0 Å². The normalized spacial score (nSPS) is 20.2. The predicted octanol–water partition coefficient (Wildman–Crippen LogP) is -0.0642. The first-order chi connectivity index (χ1) is 9.05. The van der Waals surface area contributed by atoms with Crippen LogP contribution in [0.25, 0.3) is 0 Å². The first kappa shape index (κ1) is 15.9. The van der Waals surface area contributed by atoms with E-state index < -0.39 is 17.5 Å². The van der Waals surface area contributed by atoms with Gasteiger partial charge in [-0.25, -0.2) is 4.79 Å². The number of amides is 1. The van der Waals surface area contributed by atoms with Crippen molar-refractivity contribution < 1.29 is 19.4 Å². The highest BCUT2D eigenvalue weighted by Crippen LogP contribution is 2.34. The van der Waals surface area contributed by atoms with Crippen LogP contribution in [0.15, 0.2) is 0 Å². The van der Waals surface area contributed by atoms with Crippen LogP contribution in [0.4, 0.5) is 0 Å². The van der Waals surface area contributed by atoms with Crippen LogP contribution >= 0.6 is 0 Å². The smallest absolute Gasteiger partial charge is 0.336 e. The van der Waals surface area contributed by atoms with Crippen LogP contribution in [0.5, 0.6) is 0 Å². The topological polar surface area (TPSA) is 102 Å². The van der Waals surface area contributed by atoms with Gasteiger partial charge < -0.3 is 20.9 Å². The van der Waals surface area contributed by atoms with Gasteiger partial charge in [0.2, 0.25) is 5.91 Å². The molecule has 0 aromatic carbocycles. The number of rotatable bonds is 5. The Bertz CT molecular complexity index is 312. The van der Waals surface area contributed by atoms with E-state index in [-0.39, 0.29) is 12.5 Å². The highest BCUT2D eigenvalue weighted by molar-refractivity contribution is 5.84. The van der Waals surface area contributed by atoms with Crippen LogP contribution in [0.2, 0.25) is 0 Å². The van der Waals surface area contributed by atoms with Gasteiger partial charge in [0.05, 0.1) is 19.1 Å². The summed E-state index contributed by atoms with van der Waals surface area (Å²) in [6, 6.07) is 0. The summed E-state index contributed by atoms with van der Waals surface area (Å²) in [6.45, 7) is 0.167. The van der Waals surface area contributed by atoms with Crippen molar-refractivity contribution in [2.45, 2.75) is 44.6 Å². The van der Waals surface area contributed by atoms with Gasteiger partial charge in [-0.2, -0.15) is 0 Å². The van der Waals surface area contributed by atoms with Gasteiger partial charge in [0.25, 0.3) is 0 Å². The molecule has 0 aliphatic heterocycles. The number of methoxy groups -OCH3 is 1. The second kappa shape index (κ2) is 7.45. The fourth-order valence-corrected chi connectivity index (χ4v) is 2.53. The molecule has 0 aromatic rings. The van der Waals surface area contributed by atoms with E-state index in [1.54, 1.807) is 0 Å². The summed E-state index contributed by atoms with van der Waals surface area (Å²) in [5.41, 5.74) is 5.24. The molecule has 0 aromatic heterocycles. The molecule has 1 atom stereocenters. The molecule has 0 heterocycles. The van der Waals surface area contributed by atoms with E-state index in [9.17, 15) is 14.7 Å². The number of carbonyl (C=O) groups excluding carboxylic acids is 2. The van der Waals surface area contributed by atoms with Gasteiger partial charge >= 0.3 is 5.97 Å². The fraction of sp³-hybridized carbons (Fsp3) is 0.846. The second-order valence-corrected chi connectivity index (χ2v) is 5.15. The zero-order valence-corrected chi connectivity index (χ0v) is 11.5. The molecule has 19 heavy (non-hydrogen) atoms. The largest absolute Gasteiger partial charge is 0.467 e. The third kappa shape index (κ3) is 4.18. The maximum absolute atomic E-state index is 12.3. The van der Waals surface area contributed by atoms with Crippen LogP contribution in [0.3, 0.4) is 0 Å². The highest BCUT2D eigenvalue weighted by Gasteiger charge is 2.37. The highest BCUT2D eigenvalue weighted by atomic mass is 16.5. The van der Waals surface area contributed by atoms with Crippen molar-refractivity contribution in [3.63, 3.8) is 0 Å². The van der Waals surface area contributed by atoms with Crippen molar-refractivity contribution in [3.8, 4) is 0 Å². The lowest BCUT2D eigenvalue weighted by Crippen LogP contribution is -2.48. The predicted molar refractivity (Wildman–Crippen MR) is 70.2 cm³/mol. The summed E-state index contributed by atoms with van der Waals surface area (Å²) in [6.07, 6.45) is 4.44. The Morgan fingerprint density at radius 3 is 2.37 bits per heavy atom. The molecule has 4 N–H and O–H groups in total. The Morgan fingerprint density at radius 2 is 1.89 bits per heavy atom. The quantitative estimate of drug-likeness (QED) is 0.480. The maximum Gasteiger partial charge on any atom is 0.336 e. The van der Waals surface area contributed by atoms with Gasteiger partial charge in [0, 0.05) is 6.54 Å². The second-order valence-electron chi connectivity index (χ2n) is 5.15. The standard InChI is InChI=1S/C13H24N2O4/c1-19-11(17)10(16)8-15-12(18)13(9-14)6-4-2-3-5-7-13/h10,16H,2-9,14H2,1H3,(H,15,18). The van der Waals surface area contributed by atoms with Crippen molar-refractivity contribution in [3.05, 3.63) is 0 Å². The van der Waals surface area contributed by atoms with E-state index in [2.05, 4.69) is 10.1 Å². The lowest BCUT2D eigenvalue weighted by atomic mass is 9.79. The Labute approximate surface area is 113 Å². The fourth-order valence-electron chi connectivity index (χ4n) is 2.53. The van der Waals surface area contributed by atoms with E-state index in [0.29, 0.717) is 6.54 Å². The molecule has 110 valence electrons. The summed E-state index contributed by atoms with van der Waals surface area (Å²) >= 11 is 0. The monoisotopic (exact) mass is 272 g/mol. The number of hydrogen-bond acceptors (Lipinski definition) is 5. The van der Waals surface area contributed by atoms with Gasteiger partial charge in [-0.05, 0) is 12.8 Å². The van der Waals surface area contributed by atoms with E-state index in [1.165, 1.54) is 7.11 Å². The van der Waals surface area contributed by atoms with Crippen LogP contribution in [-0.2, 0) is 14.3 Å². The molecule has 0 spiro atoms. The molecule has 1 amide bonds. The summed E-state index contributed by atoms with van der Waals surface area (Å²) in [5.74, 6) is -0.914. The van der Waals surface area contributed by atoms with Crippen molar-refractivity contribution in [2.75, 3.05) is 20.2 Å². The molecule has 6 nitrogen and oxygen atoms in total. The van der Waals surface area contributed by atoms with Gasteiger partial charge in [0.1, 0.15) is 0 Å². The Hall–Kier alpha value is -1.14. The number of aliphatic hydroxyl groups excluding tert-OH is 1. The minimum Gasteiger partial charge on any atom is -0.467 e. The van der Waals surface area contributed by atoms with Crippen molar-refractivity contribution >= 4 is 11.9 Å². The van der Waals surface area contributed by atoms with E-state index in [4.69, 9.17) is 5.73 Å². The molecule has 1 saturated carbocycles. The number of esters is 1. The van der Waals surface area contributed by atoms with Crippen LogP contribution in [0.1, 0.15) is 38.5 Å².